The third kappa shape index (κ3) is 4.26. The molecule has 1 heterocycles. The summed E-state index contributed by atoms with van der Waals surface area (Å²) in [5, 5.41) is 9.43. The summed E-state index contributed by atoms with van der Waals surface area (Å²) < 4.78 is 5.47. The van der Waals surface area contributed by atoms with E-state index in [1.165, 1.54) is 11.8 Å². The van der Waals surface area contributed by atoms with Gasteiger partial charge in [0.15, 0.2) is 11.8 Å². The minimum absolute atomic E-state index is 0.0400. The highest BCUT2D eigenvalue weighted by Gasteiger charge is 2.32. The normalized spacial score (nSPS) is 16.6. The van der Waals surface area contributed by atoms with Gasteiger partial charge in [0.1, 0.15) is 11.8 Å². The highest BCUT2D eigenvalue weighted by atomic mass is 32.2. The van der Waals surface area contributed by atoms with Crippen molar-refractivity contribution in [1.82, 2.24) is 4.90 Å². The number of ether oxygens (including phenoxy) is 1. The van der Waals surface area contributed by atoms with Crippen LogP contribution >= 0.6 is 11.8 Å². The number of rotatable bonds is 5. The van der Waals surface area contributed by atoms with Gasteiger partial charge < -0.3 is 4.74 Å². The summed E-state index contributed by atoms with van der Waals surface area (Å²) in [5.74, 6) is 0.500. The fourth-order valence-corrected chi connectivity index (χ4v) is 3.84. The van der Waals surface area contributed by atoms with Crippen molar-refractivity contribution in [2.75, 3.05) is 13.2 Å². The van der Waals surface area contributed by atoms with Crippen LogP contribution in [-0.2, 0) is 4.79 Å². The molecule has 0 spiro atoms. The first-order chi connectivity index (χ1) is 13.5. The lowest BCUT2D eigenvalue weighted by Gasteiger charge is -2.12. The monoisotopic (exact) mass is 391 g/mol. The van der Waals surface area contributed by atoms with Gasteiger partial charge in [-0.05, 0) is 61.9 Å². The minimum atomic E-state index is -0.0772. The fraction of sp³-hybridized carbons (Fsp3) is 0.227. The molecule has 28 heavy (non-hydrogen) atoms. The van der Waals surface area contributed by atoms with Gasteiger partial charge in [0, 0.05) is 12.1 Å². The summed E-state index contributed by atoms with van der Waals surface area (Å²) in [5.41, 5.74) is 3.82. The number of hydrogen-bond donors (Lipinski definition) is 0. The maximum Gasteiger partial charge on any atom is 0.266 e. The highest BCUT2D eigenvalue weighted by molar-refractivity contribution is 8.18. The van der Waals surface area contributed by atoms with E-state index in [9.17, 15) is 4.79 Å². The van der Waals surface area contributed by atoms with E-state index in [0.29, 0.717) is 22.4 Å². The van der Waals surface area contributed by atoms with Gasteiger partial charge in [-0.2, -0.15) is 5.26 Å². The molecule has 5 nitrogen and oxygen atoms in total. The molecule has 6 heteroatoms. The van der Waals surface area contributed by atoms with E-state index in [4.69, 9.17) is 15.0 Å². The number of carbonyl (C=O) groups excluding carboxylic acids is 1. The largest absolute Gasteiger partial charge is 0.478 e. The van der Waals surface area contributed by atoms with Crippen molar-refractivity contribution >= 4 is 34.6 Å². The van der Waals surface area contributed by atoms with E-state index in [2.05, 4.69) is 0 Å². The summed E-state index contributed by atoms with van der Waals surface area (Å²) in [6.07, 6.45) is 1.80. The van der Waals surface area contributed by atoms with Crippen LogP contribution in [0.25, 0.3) is 6.08 Å². The number of nitrogens with zero attached hydrogens (tertiary/aromatic N) is 3. The Kier molecular flexibility index (Phi) is 6.17. The van der Waals surface area contributed by atoms with Gasteiger partial charge >= 0.3 is 0 Å². The van der Waals surface area contributed by atoms with E-state index in [1.807, 2.05) is 63.2 Å². The Morgan fingerprint density at radius 2 is 2.04 bits per heavy atom. The molecule has 0 bridgehead atoms. The number of aryl methyl sites for hydroxylation is 2. The standard InChI is InChI=1S/C22H21N3O2S/c1-4-25-21(26)20(14-17-7-5-6-8-19(17)27-12-11-23)28-22(25)24-18-13-15(2)9-10-16(18)3/h5-10,13-14H,4,12H2,1-3H3/b20-14+,24-22?. The summed E-state index contributed by atoms with van der Waals surface area (Å²) in [4.78, 5) is 19.9. The fourth-order valence-electron chi connectivity index (χ4n) is 2.80. The third-order valence-corrected chi connectivity index (χ3v) is 5.29. The molecule has 0 saturated carbocycles. The molecule has 1 saturated heterocycles. The van der Waals surface area contributed by atoms with Crippen LogP contribution in [0.5, 0.6) is 5.75 Å². The molecule has 1 aliphatic heterocycles. The quantitative estimate of drug-likeness (QED) is 0.685. The lowest BCUT2D eigenvalue weighted by molar-refractivity contribution is -0.122. The molecule has 0 unspecified atom stereocenters. The van der Waals surface area contributed by atoms with Crippen molar-refractivity contribution in [3.05, 3.63) is 64.1 Å². The van der Waals surface area contributed by atoms with Gasteiger partial charge in [0.25, 0.3) is 5.91 Å². The Labute approximate surface area is 169 Å². The molecule has 1 aliphatic rings. The molecular formula is C22H21N3O2S. The zero-order chi connectivity index (χ0) is 20.1. The number of aliphatic imine (C=N–C) groups is 1. The Morgan fingerprint density at radius 3 is 2.79 bits per heavy atom. The second kappa shape index (κ2) is 8.77. The maximum absolute atomic E-state index is 12.9. The number of thioether (sulfide) groups is 1. The number of benzene rings is 2. The third-order valence-electron chi connectivity index (χ3n) is 4.28. The zero-order valence-electron chi connectivity index (χ0n) is 16.1. The number of nitriles is 1. The van der Waals surface area contributed by atoms with Crippen molar-refractivity contribution in [3.8, 4) is 11.8 Å². The number of para-hydroxylation sites is 1. The number of hydrogen-bond acceptors (Lipinski definition) is 5. The second-order valence-corrected chi connectivity index (χ2v) is 7.34. The molecule has 0 aromatic heterocycles. The zero-order valence-corrected chi connectivity index (χ0v) is 16.9. The molecule has 0 radical (unpaired) electrons. The van der Waals surface area contributed by atoms with Crippen LogP contribution in [0.4, 0.5) is 5.69 Å². The lowest BCUT2D eigenvalue weighted by atomic mass is 10.1. The lowest BCUT2D eigenvalue weighted by Crippen LogP contribution is -2.28. The van der Waals surface area contributed by atoms with Gasteiger partial charge in [-0.1, -0.05) is 30.3 Å². The highest BCUT2D eigenvalue weighted by Crippen LogP contribution is 2.36. The molecule has 1 fully saturated rings. The smallest absolute Gasteiger partial charge is 0.266 e. The summed E-state index contributed by atoms with van der Waals surface area (Å²) >= 11 is 1.36. The van der Waals surface area contributed by atoms with E-state index in [1.54, 1.807) is 17.0 Å². The molecule has 0 atom stereocenters. The topological polar surface area (TPSA) is 65.7 Å². The van der Waals surface area contributed by atoms with Crippen molar-refractivity contribution in [1.29, 1.82) is 5.26 Å². The summed E-state index contributed by atoms with van der Waals surface area (Å²) in [6, 6.07) is 15.4. The summed E-state index contributed by atoms with van der Waals surface area (Å²) in [7, 11) is 0. The Morgan fingerprint density at radius 1 is 1.25 bits per heavy atom. The van der Waals surface area contributed by atoms with Crippen molar-refractivity contribution in [2.45, 2.75) is 20.8 Å². The van der Waals surface area contributed by atoms with Crippen molar-refractivity contribution in [2.24, 2.45) is 4.99 Å². The molecule has 2 aromatic rings. The first-order valence-electron chi connectivity index (χ1n) is 8.99. The second-order valence-electron chi connectivity index (χ2n) is 6.33. The number of likely N-dealkylation sites (N-methyl/N-ethyl adjacent to an activating group) is 1. The van der Waals surface area contributed by atoms with E-state index >= 15 is 0 Å². The van der Waals surface area contributed by atoms with Gasteiger partial charge in [0.2, 0.25) is 0 Å². The predicted octanol–water partition coefficient (Wildman–Crippen LogP) is 4.83. The minimum Gasteiger partial charge on any atom is -0.478 e. The first-order valence-corrected chi connectivity index (χ1v) is 9.81. The van der Waals surface area contributed by atoms with E-state index < -0.39 is 0 Å². The SMILES string of the molecule is CCN1C(=O)/C(=C\c2ccccc2OCC#N)SC1=Nc1cc(C)ccc1C. The van der Waals surface area contributed by atoms with Gasteiger partial charge in [-0.15, -0.1) is 0 Å². The van der Waals surface area contributed by atoms with Crippen LogP contribution < -0.4 is 4.74 Å². The van der Waals surface area contributed by atoms with Crippen LogP contribution in [0.15, 0.2) is 52.4 Å². The average Bonchev–Trinajstić information content (AvgIpc) is 2.98. The Balaban J connectivity index is 1.96. The molecule has 0 N–H and O–H groups in total. The van der Waals surface area contributed by atoms with Crippen molar-refractivity contribution in [3.63, 3.8) is 0 Å². The Hall–Kier alpha value is -3.04. The molecular weight excluding hydrogens is 370 g/mol. The van der Waals surface area contributed by atoms with Crippen LogP contribution in [-0.4, -0.2) is 29.1 Å². The predicted molar refractivity (Wildman–Crippen MR) is 114 cm³/mol. The summed E-state index contributed by atoms with van der Waals surface area (Å²) in [6.45, 7) is 6.47. The molecule has 2 aromatic carbocycles. The average molecular weight is 391 g/mol. The first kappa shape index (κ1) is 19.7. The Bertz CT molecular complexity index is 1010. The van der Waals surface area contributed by atoms with Crippen LogP contribution in [0.1, 0.15) is 23.6 Å². The number of amides is 1. The van der Waals surface area contributed by atoms with E-state index in [-0.39, 0.29) is 12.5 Å². The van der Waals surface area contributed by atoms with E-state index in [0.717, 1.165) is 22.4 Å². The van der Waals surface area contributed by atoms with Crippen LogP contribution in [0.2, 0.25) is 0 Å². The van der Waals surface area contributed by atoms with Crippen LogP contribution in [0.3, 0.4) is 0 Å². The maximum atomic E-state index is 12.9. The van der Waals surface area contributed by atoms with Gasteiger partial charge in [0.05, 0.1) is 10.6 Å². The van der Waals surface area contributed by atoms with Gasteiger partial charge in [-0.25, -0.2) is 4.99 Å². The van der Waals surface area contributed by atoms with Crippen molar-refractivity contribution < 1.29 is 9.53 Å². The van der Waals surface area contributed by atoms with Crippen LogP contribution in [0, 0.1) is 25.2 Å². The number of amidine groups is 1. The molecule has 1 amide bonds. The molecule has 142 valence electrons. The molecule has 0 aliphatic carbocycles. The molecule has 3 rings (SSSR count). The van der Waals surface area contributed by atoms with Gasteiger partial charge in [-0.3, -0.25) is 9.69 Å². The number of carbonyl (C=O) groups is 1.